The molecule has 1 aliphatic heterocycles. The maximum atomic E-state index is 11.4. The van der Waals surface area contributed by atoms with Gasteiger partial charge in [-0.25, -0.2) is 4.67 Å². The molecular formula is C37H50NO8P. The summed E-state index contributed by atoms with van der Waals surface area (Å²) < 4.78 is 45.1. The molecule has 0 spiro atoms. The van der Waals surface area contributed by atoms with Gasteiger partial charge in [0.15, 0.2) is 0 Å². The molecule has 0 saturated carbocycles. The number of hydrogen-bond donors (Lipinski definition) is 0. The van der Waals surface area contributed by atoms with Gasteiger partial charge in [0, 0.05) is 25.4 Å². The van der Waals surface area contributed by atoms with E-state index in [1.54, 1.807) is 14.2 Å². The van der Waals surface area contributed by atoms with Crippen molar-refractivity contribution in [3.8, 4) is 11.5 Å². The van der Waals surface area contributed by atoms with E-state index >= 15 is 0 Å². The quantitative estimate of drug-likeness (QED) is 0.0629. The molecule has 256 valence electrons. The van der Waals surface area contributed by atoms with Gasteiger partial charge in [-0.2, -0.15) is 0 Å². The maximum absolute atomic E-state index is 11.4. The van der Waals surface area contributed by atoms with Crippen molar-refractivity contribution in [1.29, 1.82) is 0 Å². The van der Waals surface area contributed by atoms with Gasteiger partial charge in [-0.1, -0.05) is 54.6 Å². The van der Waals surface area contributed by atoms with Crippen molar-refractivity contribution in [3.63, 3.8) is 0 Å². The number of carbonyl (C=O) groups excluding carboxylic acids is 1. The topological polar surface area (TPSA) is 84.9 Å². The summed E-state index contributed by atoms with van der Waals surface area (Å²) in [5.74, 6) is 1.18. The Bertz CT molecular complexity index is 1310. The molecule has 0 amide bonds. The van der Waals surface area contributed by atoms with Crippen LogP contribution in [0.3, 0.4) is 0 Å². The number of carbonyl (C=O) groups is 1. The third-order valence-corrected chi connectivity index (χ3v) is 10.2. The first-order chi connectivity index (χ1) is 22.6. The SMILES string of the molecule is COc1ccc(C(OCC2OC(C)CC2OP(OCCOC(C)=O)N(C(C)C)C(C)C)(c2ccccc2)c2ccc(OC)cc2)cc1. The molecule has 0 radical (unpaired) electrons. The summed E-state index contributed by atoms with van der Waals surface area (Å²) in [5, 5.41) is 0. The zero-order valence-electron chi connectivity index (χ0n) is 28.9. The van der Waals surface area contributed by atoms with E-state index in [-0.39, 0.29) is 56.2 Å². The minimum absolute atomic E-state index is 0.0360. The minimum Gasteiger partial charge on any atom is -0.497 e. The molecular weight excluding hydrogens is 617 g/mol. The lowest BCUT2D eigenvalue weighted by Gasteiger charge is -2.39. The van der Waals surface area contributed by atoms with Gasteiger partial charge in [0.25, 0.3) is 8.53 Å². The van der Waals surface area contributed by atoms with E-state index in [1.807, 2.05) is 66.7 Å². The number of hydrogen-bond acceptors (Lipinski definition) is 9. The second-order valence-corrected chi connectivity index (χ2v) is 13.6. The first-order valence-corrected chi connectivity index (χ1v) is 17.4. The fourth-order valence-electron chi connectivity index (χ4n) is 6.00. The van der Waals surface area contributed by atoms with Crippen LogP contribution >= 0.6 is 8.53 Å². The van der Waals surface area contributed by atoms with E-state index in [0.717, 1.165) is 28.2 Å². The highest BCUT2D eigenvalue weighted by molar-refractivity contribution is 7.44. The summed E-state index contributed by atoms with van der Waals surface area (Å²) in [6.07, 6.45) is -0.00262. The van der Waals surface area contributed by atoms with Crippen LogP contribution < -0.4 is 9.47 Å². The van der Waals surface area contributed by atoms with Gasteiger partial charge in [0.2, 0.25) is 0 Å². The van der Waals surface area contributed by atoms with Gasteiger partial charge in [0.05, 0.1) is 39.6 Å². The molecule has 4 rings (SSSR count). The van der Waals surface area contributed by atoms with Crippen molar-refractivity contribution >= 4 is 14.5 Å². The molecule has 1 fully saturated rings. The van der Waals surface area contributed by atoms with Gasteiger partial charge in [-0.05, 0) is 75.6 Å². The van der Waals surface area contributed by atoms with Crippen LogP contribution in [0.15, 0.2) is 78.9 Å². The van der Waals surface area contributed by atoms with Crippen LogP contribution in [0.5, 0.6) is 11.5 Å². The summed E-state index contributed by atoms with van der Waals surface area (Å²) in [6, 6.07) is 26.5. The fraction of sp³-hybridized carbons (Fsp3) is 0.486. The number of esters is 1. The summed E-state index contributed by atoms with van der Waals surface area (Å²) in [4.78, 5) is 11.4. The lowest BCUT2D eigenvalue weighted by Crippen LogP contribution is -2.39. The Morgan fingerprint density at radius 3 is 1.87 bits per heavy atom. The second-order valence-electron chi connectivity index (χ2n) is 12.2. The lowest BCUT2D eigenvalue weighted by molar-refractivity contribution is -0.141. The average Bonchev–Trinajstić information content (AvgIpc) is 3.42. The van der Waals surface area contributed by atoms with Gasteiger partial charge >= 0.3 is 5.97 Å². The normalized spacial score (nSPS) is 18.9. The summed E-state index contributed by atoms with van der Waals surface area (Å²) in [7, 11) is 1.83. The Hall–Kier alpha value is -3.04. The van der Waals surface area contributed by atoms with Crippen LogP contribution in [0.2, 0.25) is 0 Å². The van der Waals surface area contributed by atoms with Crippen LogP contribution in [0.25, 0.3) is 0 Å². The van der Waals surface area contributed by atoms with Gasteiger partial charge < -0.3 is 32.7 Å². The van der Waals surface area contributed by atoms with Gasteiger partial charge in [-0.15, -0.1) is 0 Å². The highest BCUT2D eigenvalue weighted by atomic mass is 31.2. The van der Waals surface area contributed by atoms with Crippen LogP contribution in [0.4, 0.5) is 0 Å². The molecule has 3 aromatic carbocycles. The van der Waals surface area contributed by atoms with Crippen LogP contribution in [-0.2, 0) is 33.7 Å². The summed E-state index contributed by atoms with van der Waals surface area (Å²) in [5.41, 5.74) is 1.88. The first-order valence-electron chi connectivity index (χ1n) is 16.2. The zero-order valence-corrected chi connectivity index (χ0v) is 29.8. The molecule has 0 bridgehead atoms. The number of ether oxygens (including phenoxy) is 5. The summed E-state index contributed by atoms with van der Waals surface area (Å²) in [6.45, 7) is 12.6. The van der Waals surface area contributed by atoms with Crippen LogP contribution in [-0.4, -0.2) is 75.1 Å². The van der Waals surface area contributed by atoms with E-state index in [4.69, 9.17) is 32.7 Å². The Labute approximate surface area is 281 Å². The Morgan fingerprint density at radius 2 is 1.38 bits per heavy atom. The fourth-order valence-corrected chi connectivity index (χ4v) is 7.74. The predicted molar refractivity (Wildman–Crippen MR) is 184 cm³/mol. The third-order valence-electron chi connectivity index (χ3n) is 8.09. The summed E-state index contributed by atoms with van der Waals surface area (Å²) >= 11 is 0. The van der Waals surface area contributed by atoms with E-state index in [9.17, 15) is 4.79 Å². The van der Waals surface area contributed by atoms with Crippen molar-refractivity contribution in [2.75, 3.05) is 34.0 Å². The van der Waals surface area contributed by atoms with Crippen molar-refractivity contribution in [2.24, 2.45) is 0 Å². The van der Waals surface area contributed by atoms with E-state index in [1.165, 1.54) is 6.92 Å². The smallest absolute Gasteiger partial charge is 0.302 e. The molecule has 0 aliphatic carbocycles. The average molecular weight is 668 g/mol. The molecule has 1 aliphatic rings. The zero-order chi connectivity index (χ0) is 34.0. The molecule has 47 heavy (non-hydrogen) atoms. The van der Waals surface area contributed by atoms with Crippen molar-refractivity contribution < 1.29 is 37.5 Å². The van der Waals surface area contributed by atoms with Gasteiger partial charge in [-0.3, -0.25) is 4.79 Å². The number of benzene rings is 3. The number of rotatable bonds is 17. The second kappa shape index (κ2) is 17.4. The third kappa shape index (κ3) is 9.32. The monoisotopic (exact) mass is 667 g/mol. The Kier molecular flexibility index (Phi) is 13.6. The molecule has 10 heteroatoms. The Balaban J connectivity index is 1.69. The van der Waals surface area contributed by atoms with Crippen molar-refractivity contribution in [1.82, 2.24) is 4.67 Å². The number of nitrogens with zero attached hydrogens (tertiary/aromatic N) is 1. The van der Waals surface area contributed by atoms with Gasteiger partial charge in [0.1, 0.15) is 29.8 Å². The maximum Gasteiger partial charge on any atom is 0.302 e. The minimum atomic E-state index is -1.49. The highest BCUT2D eigenvalue weighted by Crippen LogP contribution is 2.49. The highest BCUT2D eigenvalue weighted by Gasteiger charge is 2.43. The number of methoxy groups -OCH3 is 2. The van der Waals surface area contributed by atoms with E-state index in [0.29, 0.717) is 6.42 Å². The largest absolute Gasteiger partial charge is 0.497 e. The first kappa shape index (κ1) is 36.8. The predicted octanol–water partition coefficient (Wildman–Crippen LogP) is 7.50. The van der Waals surface area contributed by atoms with Crippen LogP contribution in [0, 0.1) is 0 Å². The molecule has 1 saturated heterocycles. The standard InChI is InChI=1S/C37H50NO8P/c1-26(2)38(27(3)4)47(44-23-22-42-29(6)39)46-35-24-28(5)45-36(35)25-43-37(30-12-10-9-11-13-30,31-14-18-33(40-7)19-15-31)32-16-20-34(41-8)21-17-32/h9-21,26-28,35-36H,22-25H2,1-8H3. The molecule has 4 atom stereocenters. The molecule has 0 N–H and O–H groups in total. The van der Waals surface area contributed by atoms with E-state index in [2.05, 4.69) is 51.4 Å². The molecule has 4 unspecified atom stereocenters. The van der Waals surface area contributed by atoms with E-state index < -0.39 is 14.1 Å². The van der Waals surface area contributed by atoms with Crippen molar-refractivity contribution in [3.05, 3.63) is 95.6 Å². The van der Waals surface area contributed by atoms with Crippen LogP contribution in [0.1, 0.15) is 64.7 Å². The van der Waals surface area contributed by atoms with Crippen molar-refractivity contribution in [2.45, 2.75) is 84.0 Å². The molecule has 9 nitrogen and oxygen atoms in total. The Morgan fingerprint density at radius 1 is 0.851 bits per heavy atom. The lowest BCUT2D eigenvalue weighted by atomic mass is 9.80. The molecule has 3 aromatic rings. The molecule has 1 heterocycles. The molecule has 0 aromatic heterocycles.